The summed E-state index contributed by atoms with van der Waals surface area (Å²) in [5.41, 5.74) is 6.51. The number of nitrogens with two attached hydrogens (primary N) is 1. The Labute approximate surface area is 104 Å². The minimum Gasteiger partial charge on any atom is -0.384 e. The van der Waals surface area contributed by atoms with Crippen LogP contribution in [0.1, 0.15) is 11.5 Å². The Bertz CT molecular complexity index is 504. The van der Waals surface area contributed by atoms with Gasteiger partial charge < -0.3 is 15.8 Å². The van der Waals surface area contributed by atoms with Crippen molar-refractivity contribution in [2.75, 3.05) is 18.2 Å². The van der Waals surface area contributed by atoms with E-state index in [1.807, 2.05) is 12.1 Å². The number of nitrogens with one attached hydrogen (secondary N) is 1. The Morgan fingerprint density at radius 1 is 1.39 bits per heavy atom. The molecule has 18 heavy (non-hydrogen) atoms. The van der Waals surface area contributed by atoms with Gasteiger partial charge in [-0.1, -0.05) is 0 Å². The Morgan fingerprint density at radius 3 is 3.00 bits per heavy atom. The predicted octanol–water partition coefficient (Wildman–Crippen LogP) is 0.607. The fourth-order valence-electron chi connectivity index (χ4n) is 1.41. The van der Waals surface area contributed by atoms with Gasteiger partial charge in [-0.15, -0.1) is 0 Å². The van der Waals surface area contributed by atoms with Gasteiger partial charge in [0, 0.05) is 19.4 Å². The first-order valence-corrected chi connectivity index (χ1v) is 5.41. The van der Waals surface area contributed by atoms with Gasteiger partial charge >= 0.3 is 0 Å². The van der Waals surface area contributed by atoms with Crippen LogP contribution < -0.4 is 11.1 Å². The summed E-state index contributed by atoms with van der Waals surface area (Å²) in [6.45, 7) is 0.849. The molecule has 2 heterocycles. The van der Waals surface area contributed by atoms with Gasteiger partial charge in [-0.3, -0.25) is 0 Å². The normalized spacial score (nSPS) is 10.3. The van der Waals surface area contributed by atoms with Crippen LogP contribution in [0.3, 0.4) is 0 Å². The minimum atomic E-state index is 0.324. The Hall–Kier alpha value is -2.28. The van der Waals surface area contributed by atoms with Crippen LogP contribution in [0.25, 0.3) is 0 Å². The Balaban J connectivity index is 2.05. The first-order valence-electron chi connectivity index (χ1n) is 5.41. The van der Waals surface area contributed by atoms with Crippen molar-refractivity contribution >= 4 is 11.6 Å². The maximum atomic E-state index is 5.68. The zero-order chi connectivity index (χ0) is 12.8. The number of hydrogen-bond acceptors (Lipinski definition) is 7. The second-order valence-electron chi connectivity index (χ2n) is 3.60. The molecule has 2 aromatic rings. The molecule has 0 radical (unpaired) electrons. The molecule has 0 amide bonds. The van der Waals surface area contributed by atoms with Crippen molar-refractivity contribution in [1.82, 2.24) is 20.2 Å². The summed E-state index contributed by atoms with van der Waals surface area (Å²) in [7, 11) is 1.58. The summed E-state index contributed by atoms with van der Waals surface area (Å²) in [4.78, 5) is 8.32. The molecule has 0 saturated carbocycles. The average molecular weight is 246 g/mol. The lowest BCUT2D eigenvalue weighted by atomic mass is 10.4. The van der Waals surface area contributed by atoms with E-state index in [2.05, 4.69) is 25.5 Å². The van der Waals surface area contributed by atoms with E-state index in [0.29, 0.717) is 30.6 Å². The summed E-state index contributed by atoms with van der Waals surface area (Å²) < 4.78 is 4.97. The lowest BCUT2D eigenvalue weighted by Gasteiger charge is -2.07. The number of nitrogens with zero attached hydrogens (tertiary/aromatic N) is 4. The van der Waals surface area contributed by atoms with Crippen molar-refractivity contribution in [3.8, 4) is 0 Å². The van der Waals surface area contributed by atoms with Crippen molar-refractivity contribution in [1.29, 1.82) is 0 Å². The highest BCUT2D eigenvalue weighted by Gasteiger charge is 2.02. The molecule has 0 aliphatic heterocycles. The first-order chi connectivity index (χ1) is 8.78. The molecule has 0 bridgehead atoms. The molecule has 0 aromatic carbocycles. The molecule has 0 aliphatic carbocycles. The SMILES string of the molecule is COCc1nc(N)cc(NCc2cccnn2)n1. The van der Waals surface area contributed by atoms with Gasteiger partial charge in [0.05, 0.1) is 12.2 Å². The highest BCUT2D eigenvalue weighted by molar-refractivity contribution is 5.44. The molecule has 0 spiro atoms. The first kappa shape index (κ1) is 12.2. The van der Waals surface area contributed by atoms with Gasteiger partial charge in [0.2, 0.25) is 0 Å². The van der Waals surface area contributed by atoms with Crippen molar-refractivity contribution < 1.29 is 4.74 Å². The smallest absolute Gasteiger partial charge is 0.158 e. The molecule has 0 atom stereocenters. The van der Waals surface area contributed by atoms with Gasteiger partial charge in [0.15, 0.2) is 5.82 Å². The molecule has 2 aromatic heterocycles. The van der Waals surface area contributed by atoms with E-state index in [4.69, 9.17) is 10.5 Å². The number of aromatic nitrogens is 4. The van der Waals surface area contributed by atoms with Crippen molar-refractivity contribution in [2.24, 2.45) is 0 Å². The second kappa shape index (κ2) is 5.87. The minimum absolute atomic E-state index is 0.324. The van der Waals surface area contributed by atoms with Crippen LogP contribution in [0.15, 0.2) is 24.4 Å². The Kier molecular flexibility index (Phi) is 3.98. The number of nitrogen functional groups attached to an aromatic ring is 1. The van der Waals surface area contributed by atoms with Crippen LogP contribution in [0.2, 0.25) is 0 Å². The van der Waals surface area contributed by atoms with Crippen molar-refractivity contribution in [2.45, 2.75) is 13.2 Å². The van der Waals surface area contributed by atoms with E-state index >= 15 is 0 Å². The quantitative estimate of drug-likeness (QED) is 0.797. The average Bonchev–Trinajstić information content (AvgIpc) is 2.37. The number of hydrogen-bond donors (Lipinski definition) is 2. The summed E-state index contributed by atoms with van der Waals surface area (Å²) in [5.74, 6) is 1.58. The van der Waals surface area contributed by atoms with Gasteiger partial charge in [-0.05, 0) is 12.1 Å². The Morgan fingerprint density at radius 2 is 2.28 bits per heavy atom. The predicted molar refractivity (Wildman–Crippen MR) is 66.5 cm³/mol. The molecule has 0 aliphatic rings. The largest absolute Gasteiger partial charge is 0.384 e. The van der Waals surface area contributed by atoms with E-state index in [1.165, 1.54) is 0 Å². The molecule has 7 nitrogen and oxygen atoms in total. The number of anilines is 2. The fourth-order valence-corrected chi connectivity index (χ4v) is 1.41. The third-order valence-electron chi connectivity index (χ3n) is 2.14. The third kappa shape index (κ3) is 3.36. The van der Waals surface area contributed by atoms with Crippen molar-refractivity contribution in [3.63, 3.8) is 0 Å². The molecule has 94 valence electrons. The van der Waals surface area contributed by atoms with E-state index in [-0.39, 0.29) is 0 Å². The van der Waals surface area contributed by atoms with Crippen LogP contribution >= 0.6 is 0 Å². The molecule has 7 heteroatoms. The van der Waals surface area contributed by atoms with Crippen LogP contribution in [0.5, 0.6) is 0 Å². The van der Waals surface area contributed by atoms with Crippen LogP contribution in [-0.4, -0.2) is 27.3 Å². The zero-order valence-electron chi connectivity index (χ0n) is 10.00. The van der Waals surface area contributed by atoms with E-state index in [0.717, 1.165) is 5.69 Å². The standard InChI is InChI=1S/C11H14N6O/c1-18-7-11-15-9(12)5-10(16-11)13-6-8-3-2-4-14-17-8/h2-5H,6-7H2,1H3,(H3,12,13,15,16). The lowest BCUT2D eigenvalue weighted by Crippen LogP contribution is -2.08. The molecule has 0 fully saturated rings. The molecule has 3 N–H and O–H groups in total. The fraction of sp³-hybridized carbons (Fsp3) is 0.273. The molecular weight excluding hydrogens is 232 g/mol. The van der Waals surface area contributed by atoms with Gasteiger partial charge in [-0.2, -0.15) is 10.2 Å². The maximum Gasteiger partial charge on any atom is 0.158 e. The highest BCUT2D eigenvalue weighted by atomic mass is 16.5. The van der Waals surface area contributed by atoms with Gasteiger partial charge in [0.25, 0.3) is 0 Å². The summed E-state index contributed by atoms with van der Waals surface area (Å²) in [5, 5.41) is 10.9. The van der Waals surface area contributed by atoms with Crippen LogP contribution in [-0.2, 0) is 17.9 Å². The van der Waals surface area contributed by atoms with E-state index < -0.39 is 0 Å². The van der Waals surface area contributed by atoms with Crippen molar-refractivity contribution in [3.05, 3.63) is 35.9 Å². The van der Waals surface area contributed by atoms with Gasteiger partial charge in [0.1, 0.15) is 18.2 Å². The number of rotatable bonds is 5. The van der Waals surface area contributed by atoms with Gasteiger partial charge in [-0.25, -0.2) is 9.97 Å². The summed E-state index contributed by atoms with van der Waals surface area (Å²) >= 11 is 0. The molecular formula is C11H14N6O. The van der Waals surface area contributed by atoms with E-state index in [1.54, 1.807) is 19.4 Å². The molecule has 2 rings (SSSR count). The van der Waals surface area contributed by atoms with Crippen LogP contribution in [0.4, 0.5) is 11.6 Å². The lowest BCUT2D eigenvalue weighted by molar-refractivity contribution is 0.178. The van der Waals surface area contributed by atoms with E-state index in [9.17, 15) is 0 Å². The summed E-state index contributed by atoms with van der Waals surface area (Å²) in [6, 6.07) is 5.37. The zero-order valence-corrected chi connectivity index (χ0v) is 10.00. The molecule has 0 unspecified atom stereocenters. The number of methoxy groups -OCH3 is 1. The molecule has 0 saturated heterocycles. The third-order valence-corrected chi connectivity index (χ3v) is 2.14. The summed E-state index contributed by atoms with van der Waals surface area (Å²) in [6.07, 6.45) is 1.63. The highest BCUT2D eigenvalue weighted by Crippen LogP contribution is 2.09. The number of ether oxygens (including phenoxy) is 1. The van der Waals surface area contributed by atoms with Crippen LogP contribution in [0, 0.1) is 0 Å². The monoisotopic (exact) mass is 246 g/mol. The second-order valence-corrected chi connectivity index (χ2v) is 3.60. The maximum absolute atomic E-state index is 5.68. The topological polar surface area (TPSA) is 98.8 Å².